The minimum absolute atomic E-state index is 0.00656. The van der Waals surface area contributed by atoms with E-state index in [-0.39, 0.29) is 18.0 Å². The monoisotopic (exact) mass is 374 g/mol. The van der Waals surface area contributed by atoms with Crippen LogP contribution in [-0.2, 0) is 11.3 Å². The fraction of sp³-hybridized carbons (Fsp3) is 0.263. The number of nitrogens with one attached hydrogen (secondary N) is 3. The van der Waals surface area contributed by atoms with Gasteiger partial charge in [-0.05, 0) is 43.2 Å². The van der Waals surface area contributed by atoms with Gasteiger partial charge in [0.05, 0.1) is 10.7 Å². The molecule has 0 spiro atoms. The fourth-order valence-corrected chi connectivity index (χ4v) is 2.44. The first-order chi connectivity index (χ1) is 12.4. The molecule has 0 aliphatic rings. The van der Waals surface area contributed by atoms with Gasteiger partial charge >= 0.3 is 6.03 Å². The van der Waals surface area contributed by atoms with Crippen LogP contribution in [0.5, 0.6) is 0 Å². The maximum absolute atomic E-state index is 12.0. The SMILES string of the molecule is CC(N)CCC(=O)Nc1cccc(CNC(=O)Nc2ccccc2Cl)c1. The third kappa shape index (κ3) is 6.74. The number of para-hydroxylation sites is 1. The van der Waals surface area contributed by atoms with Gasteiger partial charge in [-0.1, -0.05) is 35.9 Å². The highest BCUT2D eigenvalue weighted by Gasteiger charge is 2.07. The zero-order valence-corrected chi connectivity index (χ0v) is 15.3. The number of anilines is 2. The Labute approximate surface area is 158 Å². The molecule has 0 aromatic heterocycles. The smallest absolute Gasteiger partial charge is 0.319 e. The Morgan fingerprint density at radius 2 is 1.88 bits per heavy atom. The van der Waals surface area contributed by atoms with Gasteiger partial charge in [0.25, 0.3) is 0 Å². The summed E-state index contributed by atoms with van der Waals surface area (Å²) in [6, 6.07) is 14.0. The van der Waals surface area contributed by atoms with Crippen LogP contribution in [0.4, 0.5) is 16.2 Å². The zero-order valence-electron chi connectivity index (χ0n) is 14.6. The van der Waals surface area contributed by atoms with Gasteiger partial charge in [-0.25, -0.2) is 4.79 Å². The van der Waals surface area contributed by atoms with Crippen molar-refractivity contribution >= 4 is 34.9 Å². The molecule has 0 fully saturated rings. The minimum atomic E-state index is -0.357. The fourth-order valence-electron chi connectivity index (χ4n) is 2.25. The van der Waals surface area contributed by atoms with E-state index in [1.165, 1.54) is 0 Å². The van der Waals surface area contributed by atoms with Crippen LogP contribution in [-0.4, -0.2) is 18.0 Å². The summed E-state index contributed by atoms with van der Waals surface area (Å²) >= 11 is 6.01. The summed E-state index contributed by atoms with van der Waals surface area (Å²) in [4.78, 5) is 23.9. The number of halogens is 1. The van der Waals surface area contributed by atoms with E-state index in [4.69, 9.17) is 17.3 Å². The molecule has 2 rings (SSSR count). The van der Waals surface area contributed by atoms with Gasteiger partial charge in [0, 0.05) is 24.7 Å². The first kappa shape index (κ1) is 19.8. The topological polar surface area (TPSA) is 96.2 Å². The van der Waals surface area contributed by atoms with Gasteiger partial charge in [-0.2, -0.15) is 0 Å². The van der Waals surface area contributed by atoms with Gasteiger partial charge in [0.1, 0.15) is 0 Å². The van der Waals surface area contributed by atoms with E-state index in [1.54, 1.807) is 30.3 Å². The minimum Gasteiger partial charge on any atom is -0.334 e. The van der Waals surface area contributed by atoms with Crippen molar-refractivity contribution in [2.45, 2.75) is 32.4 Å². The molecule has 2 aromatic rings. The lowest BCUT2D eigenvalue weighted by Crippen LogP contribution is -2.28. The summed E-state index contributed by atoms with van der Waals surface area (Å²) in [5.41, 5.74) is 7.75. The zero-order chi connectivity index (χ0) is 18.9. The van der Waals surface area contributed by atoms with Crippen molar-refractivity contribution in [3.63, 3.8) is 0 Å². The number of carbonyl (C=O) groups is 2. The van der Waals surface area contributed by atoms with E-state index in [1.807, 2.05) is 25.1 Å². The van der Waals surface area contributed by atoms with Gasteiger partial charge in [-0.3, -0.25) is 4.79 Å². The molecule has 0 bridgehead atoms. The molecule has 0 radical (unpaired) electrons. The summed E-state index contributed by atoms with van der Waals surface area (Å²) in [7, 11) is 0. The second kappa shape index (κ2) is 9.79. The number of nitrogens with two attached hydrogens (primary N) is 1. The molecule has 26 heavy (non-hydrogen) atoms. The van der Waals surface area contributed by atoms with Gasteiger partial charge in [0.2, 0.25) is 5.91 Å². The summed E-state index contributed by atoms with van der Waals surface area (Å²) in [6.07, 6.45) is 1.01. The molecule has 1 atom stereocenters. The highest BCUT2D eigenvalue weighted by atomic mass is 35.5. The molecule has 138 valence electrons. The van der Waals surface area contributed by atoms with Crippen LogP contribution < -0.4 is 21.7 Å². The quantitative estimate of drug-likeness (QED) is 0.594. The van der Waals surface area contributed by atoms with E-state index in [2.05, 4.69) is 16.0 Å². The van der Waals surface area contributed by atoms with Crippen molar-refractivity contribution in [1.29, 1.82) is 0 Å². The third-order valence-electron chi connectivity index (χ3n) is 3.61. The lowest BCUT2D eigenvalue weighted by Gasteiger charge is -2.11. The summed E-state index contributed by atoms with van der Waals surface area (Å²) in [6.45, 7) is 2.19. The summed E-state index contributed by atoms with van der Waals surface area (Å²) in [5, 5.41) is 8.75. The first-order valence-electron chi connectivity index (χ1n) is 8.38. The average Bonchev–Trinajstić information content (AvgIpc) is 2.60. The summed E-state index contributed by atoms with van der Waals surface area (Å²) < 4.78 is 0. The molecule has 5 N–H and O–H groups in total. The maximum atomic E-state index is 12.0. The predicted molar refractivity (Wildman–Crippen MR) is 105 cm³/mol. The number of urea groups is 1. The predicted octanol–water partition coefficient (Wildman–Crippen LogP) is 3.73. The Bertz CT molecular complexity index is 765. The van der Waals surface area contributed by atoms with Crippen LogP contribution in [0.2, 0.25) is 5.02 Å². The normalized spacial score (nSPS) is 11.5. The molecular formula is C19H23ClN4O2. The van der Waals surface area contributed by atoms with Gasteiger partial charge in [0.15, 0.2) is 0 Å². The van der Waals surface area contributed by atoms with Crippen LogP contribution in [0.15, 0.2) is 48.5 Å². The van der Waals surface area contributed by atoms with Crippen LogP contribution >= 0.6 is 11.6 Å². The van der Waals surface area contributed by atoms with Crippen LogP contribution in [0.25, 0.3) is 0 Å². The molecule has 0 aliphatic heterocycles. The molecule has 0 saturated carbocycles. The van der Waals surface area contributed by atoms with Crippen LogP contribution in [0.1, 0.15) is 25.3 Å². The van der Waals surface area contributed by atoms with Crippen LogP contribution in [0.3, 0.4) is 0 Å². The van der Waals surface area contributed by atoms with Crippen LogP contribution in [0, 0.1) is 0 Å². The van der Waals surface area contributed by atoms with E-state index in [0.29, 0.717) is 35.8 Å². The second-order valence-electron chi connectivity index (χ2n) is 6.05. The van der Waals surface area contributed by atoms with Crippen molar-refractivity contribution in [3.8, 4) is 0 Å². The molecule has 0 heterocycles. The number of amides is 3. The molecule has 6 nitrogen and oxygen atoms in total. The Balaban J connectivity index is 1.85. The Morgan fingerprint density at radius 1 is 1.12 bits per heavy atom. The highest BCUT2D eigenvalue weighted by Crippen LogP contribution is 2.20. The third-order valence-corrected chi connectivity index (χ3v) is 3.94. The number of benzene rings is 2. The standard InChI is InChI=1S/C19H23ClN4O2/c1-13(21)9-10-18(25)23-15-6-4-5-14(11-15)12-22-19(26)24-17-8-3-2-7-16(17)20/h2-8,11,13H,9-10,12,21H2,1H3,(H,23,25)(H2,22,24,26). The maximum Gasteiger partial charge on any atom is 0.319 e. The van der Waals surface area contributed by atoms with E-state index >= 15 is 0 Å². The second-order valence-corrected chi connectivity index (χ2v) is 6.46. The molecular weight excluding hydrogens is 352 g/mol. The summed E-state index contributed by atoms with van der Waals surface area (Å²) in [5.74, 6) is -0.0797. The first-order valence-corrected chi connectivity index (χ1v) is 8.75. The number of carbonyl (C=O) groups excluding carboxylic acids is 2. The Morgan fingerprint density at radius 3 is 2.62 bits per heavy atom. The van der Waals surface area contributed by atoms with Crippen molar-refractivity contribution < 1.29 is 9.59 Å². The van der Waals surface area contributed by atoms with E-state index < -0.39 is 0 Å². The van der Waals surface area contributed by atoms with E-state index in [9.17, 15) is 9.59 Å². The van der Waals surface area contributed by atoms with Gasteiger partial charge < -0.3 is 21.7 Å². The molecule has 1 unspecified atom stereocenters. The Hall–Kier alpha value is -2.57. The lowest BCUT2D eigenvalue weighted by molar-refractivity contribution is -0.116. The van der Waals surface area contributed by atoms with Crippen molar-refractivity contribution in [3.05, 3.63) is 59.1 Å². The average molecular weight is 375 g/mol. The number of hydrogen-bond donors (Lipinski definition) is 4. The van der Waals surface area contributed by atoms with Crippen molar-refractivity contribution in [1.82, 2.24) is 5.32 Å². The largest absolute Gasteiger partial charge is 0.334 e. The number of hydrogen-bond acceptors (Lipinski definition) is 3. The molecule has 3 amide bonds. The van der Waals surface area contributed by atoms with Crippen molar-refractivity contribution in [2.75, 3.05) is 10.6 Å². The van der Waals surface area contributed by atoms with Gasteiger partial charge in [-0.15, -0.1) is 0 Å². The van der Waals surface area contributed by atoms with Crippen molar-refractivity contribution in [2.24, 2.45) is 5.73 Å². The number of rotatable bonds is 7. The molecule has 0 aliphatic carbocycles. The molecule has 0 saturated heterocycles. The molecule has 7 heteroatoms. The molecule has 2 aromatic carbocycles. The lowest BCUT2D eigenvalue weighted by atomic mass is 10.1. The van der Waals surface area contributed by atoms with E-state index in [0.717, 1.165) is 5.56 Å². The highest BCUT2D eigenvalue weighted by molar-refractivity contribution is 6.33. The Kier molecular flexibility index (Phi) is 7.44.